The van der Waals surface area contributed by atoms with Crippen LogP contribution in [0.1, 0.15) is 18.1 Å². The number of hydrogen-bond donors (Lipinski definition) is 1. The summed E-state index contributed by atoms with van der Waals surface area (Å²) < 4.78 is 29.4. The zero-order valence-corrected chi connectivity index (χ0v) is 23.3. The molecule has 3 aromatic carbocycles. The Bertz CT molecular complexity index is 1340. The van der Waals surface area contributed by atoms with Crippen LogP contribution < -0.4 is 9.62 Å². The maximum Gasteiger partial charge on any atom is 0.264 e. The fourth-order valence-electron chi connectivity index (χ4n) is 3.66. The lowest BCUT2D eigenvalue weighted by Crippen LogP contribution is -2.50. The Kier molecular flexibility index (Phi) is 9.16. The lowest BCUT2D eigenvalue weighted by molar-refractivity contribution is -0.139. The number of rotatable bonds is 9. The molecule has 3 rings (SSSR count). The number of carbonyl (C=O) groups is 2. The van der Waals surface area contributed by atoms with Crippen LogP contribution in [0.2, 0.25) is 5.02 Å². The van der Waals surface area contributed by atoms with Crippen LogP contribution in [0.3, 0.4) is 0 Å². The van der Waals surface area contributed by atoms with Crippen LogP contribution in [0.25, 0.3) is 0 Å². The Balaban J connectivity index is 2.06. The molecular weight excluding hydrogens is 566 g/mol. The molecule has 7 nitrogen and oxygen atoms in total. The van der Waals surface area contributed by atoms with Crippen molar-refractivity contribution in [2.75, 3.05) is 17.9 Å². The highest BCUT2D eigenvalue weighted by atomic mass is 79.9. The molecule has 3 aromatic rings. The summed E-state index contributed by atoms with van der Waals surface area (Å²) in [7, 11) is -2.64. The minimum absolute atomic E-state index is 0.0379. The number of likely N-dealkylation sites (N-methyl/N-ethyl adjacent to an activating group) is 1. The van der Waals surface area contributed by atoms with Crippen LogP contribution in [0, 0.1) is 6.92 Å². The zero-order chi connectivity index (χ0) is 26.5. The number of aryl methyl sites for hydroxylation is 1. The van der Waals surface area contributed by atoms with E-state index < -0.39 is 28.5 Å². The smallest absolute Gasteiger partial charge is 0.264 e. The molecule has 2 amide bonds. The number of nitrogens with zero attached hydrogens (tertiary/aromatic N) is 2. The first-order valence-corrected chi connectivity index (χ1v) is 13.7. The molecule has 10 heteroatoms. The molecular formula is C26H27BrClN3O4S. The SMILES string of the molecule is CNC(=O)[C@@H](C)N(Cc1ccc(Br)cc1)C(=O)CN(c1cc(Cl)ccc1C)S(=O)(=O)c1ccccc1. The number of anilines is 1. The standard InChI is InChI=1S/C26H27BrClN3O4S/c1-18-9-14-22(28)15-24(18)31(36(34,35)23-7-5-4-6-8-23)17-25(32)30(19(2)26(33)29-3)16-20-10-12-21(27)13-11-20/h4-15,19H,16-17H2,1-3H3,(H,29,33)/t19-/m1/s1. The van der Waals surface area contributed by atoms with E-state index in [1.54, 1.807) is 44.2 Å². The van der Waals surface area contributed by atoms with Crippen molar-refractivity contribution in [3.63, 3.8) is 0 Å². The number of hydrogen-bond acceptors (Lipinski definition) is 4. The summed E-state index contributed by atoms with van der Waals surface area (Å²) in [5.41, 5.74) is 1.71. The Morgan fingerprint density at radius 1 is 1.03 bits per heavy atom. The number of amides is 2. The molecule has 0 heterocycles. The number of carbonyl (C=O) groups excluding carboxylic acids is 2. The van der Waals surface area contributed by atoms with Gasteiger partial charge in [-0.15, -0.1) is 0 Å². The second-order valence-electron chi connectivity index (χ2n) is 8.19. The Hall–Kier alpha value is -2.88. The largest absolute Gasteiger partial charge is 0.357 e. The highest BCUT2D eigenvalue weighted by Crippen LogP contribution is 2.30. The molecule has 0 fully saturated rings. The van der Waals surface area contributed by atoms with E-state index in [2.05, 4.69) is 21.2 Å². The predicted octanol–water partition coefficient (Wildman–Crippen LogP) is 4.77. The number of halogens is 2. The van der Waals surface area contributed by atoms with E-state index in [-0.39, 0.29) is 23.0 Å². The van der Waals surface area contributed by atoms with Gasteiger partial charge < -0.3 is 10.2 Å². The quantitative estimate of drug-likeness (QED) is 0.388. The molecule has 0 radical (unpaired) electrons. The fourth-order valence-corrected chi connectivity index (χ4v) is 5.58. The van der Waals surface area contributed by atoms with Crippen LogP contribution in [0.15, 0.2) is 82.2 Å². The van der Waals surface area contributed by atoms with Crippen LogP contribution in [0.4, 0.5) is 5.69 Å². The van der Waals surface area contributed by atoms with Gasteiger partial charge in [0.15, 0.2) is 0 Å². The minimum atomic E-state index is -4.13. The molecule has 0 aromatic heterocycles. The van der Waals surface area contributed by atoms with E-state index in [1.807, 2.05) is 24.3 Å². The van der Waals surface area contributed by atoms with Gasteiger partial charge in [0.1, 0.15) is 12.6 Å². The average Bonchev–Trinajstić information content (AvgIpc) is 2.87. The zero-order valence-electron chi connectivity index (χ0n) is 20.1. The third kappa shape index (κ3) is 6.46. The van der Waals surface area contributed by atoms with E-state index in [0.29, 0.717) is 10.6 Å². The van der Waals surface area contributed by atoms with E-state index >= 15 is 0 Å². The third-order valence-electron chi connectivity index (χ3n) is 5.73. The van der Waals surface area contributed by atoms with Crippen molar-refractivity contribution in [1.82, 2.24) is 10.2 Å². The van der Waals surface area contributed by atoms with E-state index in [0.717, 1.165) is 14.3 Å². The highest BCUT2D eigenvalue weighted by molar-refractivity contribution is 9.10. The normalized spacial score (nSPS) is 12.0. The molecule has 0 aliphatic carbocycles. The van der Waals surface area contributed by atoms with Crippen molar-refractivity contribution in [3.8, 4) is 0 Å². The summed E-state index contributed by atoms with van der Waals surface area (Å²) in [5, 5.41) is 2.90. The summed E-state index contributed by atoms with van der Waals surface area (Å²) in [6, 6.07) is 19.3. The van der Waals surface area contributed by atoms with Crippen LogP contribution in [-0.2, 0) is 26.2 Å². The van der Waals surface area contributed by atoms with Gasteiger partial charge >= 0.3 is 0 Å². The van der Waals surface area contributed by atoms with Gasteiger partial charge in [-0.2, -0.15) is 0 Å². The van der Waals surface area contributed by atoms with Crippen LogP contribution in [0.5, 0.6) is 0 Å². The maximum atomic E-state index is 13.7. The van der Waals surface area contributed by atoms with Gasteiger partial charge in [-0.25, -0.2) is 8.42 Å². The maximum absolute atomic E-state index is 13.7. The van der Waals surface area contributed by atoms with Gasteiger partial charge in [0.2, 0.25) is 11.8 Å². The summed E-state index contributed by atoms with van der Waals surface area (Å²) in [6.45, 7) is 2.96. The lowest BCUT2D eigenvalue weighted by atomic mass is 10.1. The number of benzene rings is 3. The van der Waals surface area contributed by atoms with Gasteiger partial charge in [0.25, 0.3) is 10.0 Å². The summed E-state index contributed by atoms with van der Waals surface area (Å²) in [6.07, 6.45) is 0. The first-order chi connectivity index (χ1) is 17.0. The Morgan fingerprint density at radius 3 is 2.28 bits per heavy atom. The van der Waals surface area contributed by atoms with Crippen LogP contribution in [-0.4, -0.2) is 44.8 Å². The van der Waals surface area contributed by atoms with Crippen LogP contribution >= 0.6 is 27.5 Å². The second kappa shape index (κ2) is 11.9. The predicted molar refractivity (Wildman–Crippen MR) is 145 cm³/mol. The van der Waals surface area contributed by atoms with E-state index in [1.165, 1.54) is 30.1 Å². The lowest BCUT2D eigenvalue weighted by Gasteiger charge is -2.32. The monoisotopic (exact) mass is 591 g/mol. The van der Waals surface area contributed by atoms with E-state index in [4.69, 9.17) is 11.6 Å². The molecule has 0 unspecified atom stereocenters. The molecule has 1 N–H and O–H groups in total. The van der Waals surface area contributed by atoms with Crippen molar-refractivity contribution in [1.29, 1.82) is 0 Å². The Labute approximate surface area is 225 Å². The van der Waals surface area contributed by atoms with Crippen molar-refractivity contribution in [3.05, 3.63) is 93.4 Å². The van der Waals surface area contributed by atoms with Crippen molar-refractivity contribution in [2.24, 2.45) is 0 Å². The molecule has 0 spiro atoms. The first-order valence-electron chi connectivity index (χ1n) is 11.1. The van der Waals surface area contributed by atoms with E-state index in [9.17, 15) is 18.0 Å². The van der Waals surface area contributed by atoms with Crippen molar-refractivity contribution >= 4 is 55.1 Å². The minimum Gasteiger partial charge on any atom is -0.357 e. The highest BCUT2D eigenvalue weighted by Gasteiger charge is 2.33. The second-order valence-corrected chi connectivity index (χ2v) is 11.4. The third-order valence-corrected chi connectivity index (χ3v) is 8.27. The summed E-state index contributed by atoms with van der Waals surface area (Å²) >= 11 is 9.60. The molecule has 1 atom stereocenters. The number of sulfonamides is 1. The number of nitrogens with one attached hydrogen (secondary N) is 1. The summed E-state index contributed by atoms with van der Waals surface area (Å²) in [4.78, 5) is 27.7. The average molecular weight is 593 g/mol. The van der Waals surface area contributed by atoms with Gasteiger partial charge in [0, 0.05) is 23.1 Å². The first kappa shape index (κ1) is 27.7. The van der Waals surface area contributed by atoms with Crippen molar-refractivity contribution in [2.45, 2.75) is 31.3 Å². The van der Waals surface area contributed by atoms with Gasteiger partial charge in [0.05, 0.1) is 10.6 Å². The summed E-state index contributed by atoms with van der Waals surface area (Å²) in [5.74, 6) is -0.898. The fraction of sp³-hybridized carbons (Fsp3) is 0.231. The Morgan fingerprint density at radius 2 is 1.67 bits per heavy atom. The van der Waals surface area contributed by atoms with Gasteiger partial charge in [-0.3, -0.25) is 13.9 Å². The van der Waals surface area contributed by atoms with Gasteiger partial charge in [-0.05, 0) is 61.4 Å². The molecule has 0 bridgehead atoms. The van der Waals surface area contributed by atoms with Crippen molar-refractivity contribution < 1.29 is 18.0 Å². The van der Waals surface area contributed by atoms with Gasteiger partial charge in [-0.1, -0.05) is 63.9 Å². The molecule has 36 heavy (non-hydrogen) atoms. The topological polar surface area (TPSA) is 86.8 Å². The molecule has 190 valence electrons. The molecule has 0 saturated carbocycles. The molecule has 0 saturated heterocycles. The molecule has 0 aliphatic rings. The molecule has 0 aliphatic heterocycles.